The van der Waals surface area contributed by atoms with Gasteiger partial charge in [0.25, 0.3) is 0 Å². The van der Waals surface area contributed by atoms with E-state index in [9.17, 15) is 4.79 Å². The summed E-state index contributed by atoms with van der Waals surface area (Å²) < 4.78 is 13.1. The Morgan fingerprint density at radius 1 is 1.17 bits per heavy atom. The Morgan fingerprint density at radius 3 is 2.60 bits per heavy atom. The van der Waals surface area contributed by atoms with Gasteiger partial charge in [-0.1, -0.05) is 35.3 Å². The fraction of sp³-hybridized carbons (Fsp3) is 0.217. The van der Waals surface area contributed by atoms with Gasteiger partial charge in [-0.15, -0.1) is 0 Å². The molecule has 0 spiro atoms. The molecule has 0 aliphatic rings. The molecule has 156 valence electrons. The molecule has 1 aromatic heterocycles. The smallest absolute Gasteiger partial charge is 0.189 e. The molecule has 5 nitrogen and oxygen atoms in total. The number of nitrogens with zero attached hydrogens (tertiary/aromatic N) is 2. The third kappa shape index (κ3) is 5.04. The van der Waals surface area contributed by atoms with Gasteiger partial charge >= 0.3 is 0 Å². The molecule has 0 unspecified atom stereocenters. The predicted octanol–water partition coefficient (Wildman–Crippen LogP) is 6.00. The SMILES string of the molecule is CCn1ncc(C(=O)/C=C/c2ccc(OC)c(COc3ccc(Cl)cc3Cl)c2)c1C. The third-order valence-electron chi connectivity index (χ3n) is 4.68. The highest BCUT2D eigenvalue weighted by Crippen LogP contribution is 2.29. The molecule has 0 aliphatic carbocycles. The first-order valence-corrected chi connectivity index (χ1v) is 10.2. The van der Waals surface area contributed by atoms with Crippen molar-refractivity contribution < 1.29 is 14.3 Å². The fourth-order valence-corrected chi connectivity index (χ4v) is 3.49. The molecule has 0 saturated heterocycles. The summed E-state index contributed by atoms with van der Waals surface area (Å²) in [5.41, 5.74) is 3.14. The summed E-state index contributed by atoms with van der Waals surface area (Å²) in [6, 6.07) is 10.7. The molecular formula is C23H22Cl2N2O3. The number of carbonyl (C=O) groups excluding carboxylic acids is 1. The van der Waals surface area contributed by atoms with Crippen LogP contribution < -0.4 is 9.47 Å². The van der Waals surface area contributed by atoms with E-state index in [4.69, 9.17) is 32.7 Å². The summed E-state index contributed by atoms with van der Waals surface area (Å²) in [7, 11) is 1.60. The first-order chi connectivity index (χ1) is 14.4. The van der Waals surface area contributed by atoms with Gasteiger partial charge in [-0.25, -0.2) is 0 Å². The van der Waals surface area contributed by atoms with Crippen LogP contribution in [0.5, 0.6) is 11.5 Å². The summed E-state index contributed by atoms with van der Waals surface area (Å²) in [4.78, 5) is 12.5. The van der Waals surface area contributed by atoms with Crippen molar-refractivity contribution in [3.05, 3.63) is 81.1 Å². The molecule has 0 radical (unpaired) electrons. The van der Waals surface area contributed by atoms with Gasteiger partial charge in [-0.05, 0) is 55.8 Å². The number of hydrogen-bond acceptors (Lipinski definition) is 4. The van der Waals surface area contributed by atoms with Crippen LogP contribution in [0.15, 0.2) is 48.7 Å². The van der Waals surface area contributed by atoms with Gasteiger partial charge in [-0.3, -0.25) is 9.48 Å². The van der Waals surface area contributed by atoms with Crippen molar-refractivity contribution in [3.63, 3.8) is 0 Å². The maximum atomic E-state index is 12.5. The molecule has 0 aliphatic heterocycles. The molecule has 30 heavy (non-hydrogen) atoms. The topological polar surface area (TPSA) is 53.4 Å². The lowest BCUT2D eigenvalue weighted by Crippen LogP contribution is -2.02. The number of aromatic nitrogens is 2. The maximum absolute atomic E-state index is 12.5. The minimum absolute atomic E-state index is 0.0891. The van der Waals surface area contributed by atoms with Crippen LogP contribution in [0.1, 0.15) is 34.1 Å². The van der Waals surface area contributed by atoms with Crippen molar-refractivity contribution in [3.8, 4) is 11.5 Å². The number of allylic oxidation sites excluding steroid dienone is 1. The lowest BCUT2D eigenvalue weighted by atomic mass is 10.1. The molecule has 2 aromatic carbocycles. The van der Waals surface area contributed by atoms with E-state index in [1.807, 2.05) is 32.0 Å². The van der Waals surface area contributed by atoms with Crippen molar-refractivity contribution in [1.29, 1.82) is 0 Å². The quantitative estimate of drug-likeness (QED) is 0.315. The predicted molar refractivity (Wildman–Crippen MR) is 120 cm³/mol. The molecule has 0 bridgehead atoms. The van der Waals surface area contributed by atoms with Crippen LogP contribution in [-0.2, 0) is 13.2 Å². The van der Waals surface area contributed by atoms with Gasteiger partial charge in [0.2, 0.25) is 0 Å². The van der Waals surface area contributed by atoms with Gasteiger partial charge < -0.3 is 9.47 Å². The van der Waals surface area contributed by atoms with Crippen molar-refractivity contribution in [2.75, 3.05) is 7.11 Å². The summed E-state index contributed by atoms with van der Waals surface area (Å²) in [6.07, 6.45) is 4.92. The largest absolute Gasteiger partial charge is 0.496 e. The first kappa shape index (κ1) is 21.9. The Labute approximate surface area is 185 Å². The van der Waals surface area contributed by atoms with Gasteiger partial charge in [0, 0.05) is 22.8 Å². The molecular weight excluding hydrogens is 423 g/mol. The van der Waals surface area contributed by atoms with Crippen LogP contribution in [0.3, 0.4) is 0 Å². The Morgan fingerprint density at radius 2 is 1.93 bits per heavy atom. The normalized spacial score (nSPS) is 11.1. The molecule has 0 fully saturated rings. The van der Waals surface area contributed by atoms with E-state index in [-0.39, 0.29) is 12.4 Å². The van der Waals surface area contributed by atoms with Crippen LogP contribution in [0, 0.1) is 6.92 Å². The maximum Gasteiger partial charge on any atom is 0.189 e. The highest BCUT2D eigenvalue weighted by Gasteiger charge is 2.11. The van der Waals surface area contributed by atoms with Gasteiger partial charge in [0.05, 0.1) is 23.9 Å². The Balaban J connectivity index is 1.77. The molecule has 3 rings (SSSR count). The number of aryl methyl sites for hydroxylation is 1. The van der Waals surface area contributed by atoms with E-state index >= 15 is 0 Å². The molecule has 0 atom stereocenters. The Hall–Kier alpha value is -2.76. The molecule has 0 N–H and O–H groups in total. The monoisotopic (exact) mass is 444 g/mol. The zero-order chi connectivity index (χ0) is 21.7. The van der Waals surface area contributed by atoms with E-state index in [0.717, 1.165) is 23.4 Å². The van der Waals surface area contributed by atoms with Gasteiger partial charge in [0.1, 0.15) is 18.1 Å². The molecule has 1 heterocycles. The number of halogens is 2. The van der Waals surface area contributed by atoms with Gasteiger partial charge in [-0.2, -0.15) is 5.10 Å². The molecule has 0 saturated carbocycles. The van der Waals surface area contributed by atoms with Crippen LogP contribution in [0.4, 0.5) is 0 Å². The number of ether oxygens (including phenoxy) is 2. The van der Waals surface area contributed by atoms with Crippen LogP contribution in [-0.4, -0.2) is 22.7 Å². The summed E-state index contributed by atoms with van der Waals surface area (Å²) >= 11 is 12.1. The van der Waals surface area contributed by atoms with Crippen molar-refractivity contribution in [2.45, 2.75) is 27.0 Å². The number of ketones is 1. The van der Waals surface area contributed by atoms with Crippen LogP contribution >= 0.6 is 23.2 Å². The second kappa shape index (κ2) is 9.83. The van der Waals surface area contributed by atoms with Crippen molar-refractivity contribution >= 4 is 35.1 Å². The number of hydrogen-bond donors (Lipinski definition) is 0. The second-order valence-corrected chi connectivity index (χ2v) is 7.44. The summed E-state index contributed by atoms with van der Waals surface area (Å²) in [6.45, 7) is 4.86. The Kier molecular flexibility index (Phi) is 7.19. The first-order valence-electron chi connectivity index (χ1n) is 9.42. The minimum atomic E-state index is -0.0891. The van der Waals surface area contributed by atoms with Gasteiger partial charge in [0.15, 0.2) is 5.78 Å². The molecule has 3 aromatic rings. The lowest BCUT2D eigenvalue weighted by Gasteiger charge is -2.12. The van der Waals surface area contributed by atoms with E-state index in [1.54, 1.807) is 48.3 Å². The highest BCUT2D eigenvalue weighted by atomic mass is 35.5. The third-order valence-corrected chi connectivity index (χ3v) is 5.21. The van der Waals surface area contributed by atoms with E-state index < -0.39 is 0 Å². The molecule has 7 heteroatoms. The standard InChI is InChI=1S/C23H22Cl2N2O3/c1-4-27-15(2)19(13-26-27)21(28)8-5-16-6-9-22(29-3)17(11-16)14-30-23-10-7-18(24)12-20(23)25/h5-13H,4,14H2,1-3H3/b8-5+. The fourth-order valence-electron chi connectivity index (χ4n) is 3.03. The number of carbonyl (C=O) groups is 1. The number of benzene rings is 2. The highest BCUT2D eigenvalue weighted by molar-refractivity contribution is 6.35. The van der Waals surface area contributed by atoms with E-state index in [1.165, 1.54) is 0 Å². The number of methoxy groups -OCH3 is 1. The van der Waals surface area contributed by atoms with E-state index in [0.29, 0.717) is 27.1 Å². The van der Waals surface area contributed by atoms with Crippen LogP contribution in [0.25, 0.3) is 6.08 Å². The summed E-state index contributed by atoms with van der Waals surface area (Å²) in [5, 5.41) is 5.20. The summed E-state index contributed by atoms with van der Waals surface area (Å²) in [5.74, 6) is 1.13. The zero-order valence-electron chi connectivity index (χ0n) is 17.0. The second-order valence-electron chi connectivity index (χ2n) is 6.59. The average molecular weight is 445 g/mol. The Bertz CT molecular complexity index is 1090. The zero-order valence-corrected chi connectivity index (χ0v) is 18.5. The van der Waals surface area contributed by atoms with Crippen molar-refractivity contribution in [2.24, 2.45) is 0 Å². The van der Waals surface area contributed by atoms with Crippen LogP contribution in [0.2, 0.25) is 10.0 Å². The minimum Gasteiger partial charge on any atom is -0.496 e. The van der Waals surface area contributed by atoms with Crippen molar-refractivity contribution in [1.82, 2.24) is 9.78 Å². The lowest BCUT2D eigenvalue weighted by molar-refractivity contribution is 0.104. The average Bonchev–Trinajstić information content (AvgIpc) is 3.12. The van der Waals surface area contributed by atoms with E-state index in [2.05, 4.69) is 5.10 Å². The molecule has 0 amide bonds. The number of rotatable bonds is 8.